The number of aromatic hydroxyl groups is 1. The Morgan fingerprint density at radius 2 is 1.30 bits per heavy atom. The molecule has 2 fully saturated rings. The molecule has 15 nitrogen and oxygen atoms in total. The lowest BCUT2D eigenvalue weighted by atomic mass is 10.0. The molecule has 0 aliphatic carbocycles. The molecule has 0 radical (unpaired) electrons. The van der Waals surface area contributed by atoms with Crippen LogP contribution in [0.4, 0.5) is 0 Å². The first-order valence-electron chi connectivity index (χ1n) is 19.4. The average Bonchev–Trinajstić information content (AvgIpc) is 3.87. The first-order chi connectivity index (χ1) is 27.6. The van der Waals surface area contributed by atoms with Gasteiger partial charge in [-0.2, -0.15) is 0 Å². The molecule has 2 saturated heterocycles. The van der Waals surface area contributed by atoms with Crippen LogP contribution in [0, 0.1) is 0 Å². The zero-order valence-electron chi connectivity index (χ0n) is 31.7. The summed E-state index contributed by atoms with van der Waals surface area (Å²) >= 11 is 0. The molecular formula is C42H50N8O7. The number of unbranched alkanes of at least 4 members (excludes halogenated alkanes) is 1. The van der Waals surface area contributed by atoms with E-state index in [1.54, 1.807) is 18.3 Å². The quantitative estimate of drug-likeness (QED) is 0.109. The van der Waals surface area contributed by atoms with Crippen LogP contribution in [-0.4, -0.2) is 100 Å². The van der Waals surface area contributed by atoms with Crippen molar-refractivity contribution in [2.75, 3.05) is 19.6 Å². The summed E-state index contributed by atoms with van der Waals surface area (Å²) in [6.45, 7) is 0.139. The van der Waals surface area contributed by atoms with Gasteiger partial charge in [0.15, 0.2) is 0 Å². The van der Waals surface area contributed by atoms with Gasteiger partial charge >= 0.3 is 0 Å². The van der Waals surface area contributed by atoms with Crippen molar-refractivity contribution in [3.05, 3.63) is 102 Å². The smallest absolute Gasteiger partial charge is 0.246 e. The molecule has 4 aromatic rings. The average molecular weight is 779 g/mol. The second kappa shape index (κ2) is 19.1. The van der Waals surface area contributed by atoms with Crippen LogP contribution in [0.15, 0.2) is 85.1 Å². The van der Waals surface area contributed by atoms with Crippen LogP contribution in [0.5, 0.6) is 5.75 Å². The number of H-pyrrole nitrogens is 1. The second-order valence-corrected chi connectivity index (χ2v) is 14.6. The zero-order valence-corrected chi connectivity index (χ0v) is 31.7. The summed E-state index contributed by atoms with van der Waals surface area (Å²) in [6, 6.07) is 17.3. The van der Waals surface area contributed by atoms with Gasteiger partial charge in [-0.25, -0.2) is 0 Å². The minimum atomic E-state index is -1.20. The number of para-hydroxylation sites is 1. The Hall–Kier alpha value is -6.22. The summed E-state index contributed by atoms with van der Waals surface area (Å²) in [7, 11) is 0. The summed E-state index contributed by atoms with van der Waals surface area (Å²) in [5, 5.41) is 24.7. The van der Waals surface area contributed by atoms with Gasteiger partial charge in [-0.05, 0) is 73.5 Å². The van der Waals surface area contributed by atoms with Crippen molar-refractivity contribution in [2.24, 2.45) is 5.73 Å². The molecule has 5 atom stereocenters. The number of carbonyl (C=O) groups excluding carboxylic acids is 6. The maximum atomic E-state index is 14.4. The molecule has 0 unspecified atom stereocenters. The van der Waals surface area contributed by atoms with E-state index in [9.17, 15) is 33.9 Å². The molecule has 9 N–H and O–H groups in total. The molecule has 3 aromatic carbocycles. The predicted molar refractivity (Wildman–Crippen MR) is 212 cm³/mol. The van der Waals surface area contributed by atoms with Crippen molar-refractivity contribution in [3.63, 3.8) is 0 Å². The molecule has 15 heteroatoms. The number of hydrogen-bond acceptors (Lipinski definition) is 8. The minimum absolute atomic E-state index is 0.0301. The van der Waals surface area contributed by atoms with Crippen LogP contribution < -0.4 is 32.3 Å². The van der Waals surface area contributed by atoms with Crippen molar-refractivity contribution in [2.45, 2.75) is 81.6 Å². The Bertz CT molecular complexity index is 2050. The van der Waals surface area contributed by atoms with Crippen molar-refractivity contribution in [1.82, 2.24) is 36.5 Å². The lowest BCUT2D eigenvalue weighted by molar-refractivity contribution is -0.142. The third-order valence-corrected chi connectivity index (χ3v) is 10.5. The highest BCUT2D eigenvalue weighted by molar-refractivity contribution is 5.98. The molecule has 57 heavy (non-hydrogen) atoms. The molecule has 2 aliphatic rings. The molecule has 0 bridgehead atoms. The van der Waals surface area contributed by atoms with Gasteiger partial charge in [-0.1, -0.05) is 60.7 Å². The van der Waals surface area contributed by atoms with Gasteiger partial charge in [-0.15, -0.1) is 0 Å². The number of aromatic nitrogens is 1. The Morgan fingerprint density at radius 1 is 0.667 bits per heavy atom. The molecule has 300 valence electrons. The fourth-order valence-electron chi connectivity index (χ4n) is 7.47. The van der Waals surface area contributed by atoms with E-state index in [4.69, 9.17) is 5.73 Å². The van der Waals surface area contributed by atoms with E-state index in [2.05, 4.69) is 31.6 Å². The van der Waals surface area contributed by atoms with E-state index in [1.165, 1.54) is 17.0 Å². The Labute approximate surface area is 330 Å². The number of carbonyl (C=O) groups is 6. The number of nitrogens with two attached hydrogens (primary N) is 1. The van der Waals surface area contributed by atoms with Crippen LogP contribution in [0.1, 0.15) is 48.8 Å². The molecule has 0 spiro atoms. The highest BCUT2D eigenvalue weighted by atomic mass is 16.3. The van der Waals surface area contributed by atoms with E-state index in [0.717, 1.165) is 22.0 Å². The normalized spacial score (nSPS) is 22.8. The Kier molecular flexibility index (Phi) is 13.5. The zero-order chi connectivity index (χ0) is 40.3. The number of phenolic OH excluding ortho intramolecular Hbond substituents is 1. The first-order valence-corrected chi connectivity index (χ1v) is 19.4. The van der Waals surface area contributed by atoms with Gasteiger partial charge < -0.3 is 47.3 Å². The van der Waals surface area contributed by atoms with E-state index < -0.39 is 72.2 Å². The molecule has 6 rings (SSSR count). The van der Waals surface area contributed by atoms with Crippen molar-refractivity contribution in [3.8, 4) is 5.75 Å². The van der Waals surface area contributed by atoms with Crippen molar-refractivity contribution >= 4 is 46.3 Å². The Balaban J connectivity index is 1.36. The number of aromatic amines is 1. The minimum Gasteiger partial charge on any atom is -0.508 e. The van der Waals surface area contributed by atoms with Crippen LogP contribution in [0.2, 0.25) is 0 Å². The monoisotopic (exact) mass is 778 g/mol. The fraction of sp³-hybridized carbons (Fsp3) is 0.381. The van der Waals surface area contributed by atoms with Crippen LogP contribution in [0.25, 0.3) is 10.9 Å². The number of hydrogen-bond donors (Lipinski definition) is 8. The number of rotatable bonds is 10. The number of phenols is 1. The van der Waals surface area contributed by atoms with E-state index in [-0.39, 0.29) is 38.0 Å². The largest absolute Gasteiger partial charge is 0.508 e. The van der Waals surface area contributed by atoms with Crippen LogP contribution in [0.3, 0.4) is 0 Å². The van der Waals surface area contributed by atoms with Crippen molar-refractivity contribution in [1.29, 1.82) is 0 Å². The van der Waals surface area contributed by atoms with E-state index in [0.29, 0.717) is 37.8 Å². The maximum Gasteiger partial charge on any atom is 0.246 e. The van der Waals surface area contributed by atoms with Gasteiger partial charge in [0.2, 0.25) is 35.4 Å². The number of benzene rings is 3. The summed E-state index contributed by atoms with van der Waals surface area (Å²) in [5.74, 6) is -3.54. The highest BCUT2D eigenvalue weighted by Gasteiger charge is 2.39. The molecule has 6 amide bonds. The highest BCUT2D eigenvalue weighted by Crippen LogP contribution is 2.22. The predicted octanol–water partition coefficient (Wildman–Crippen LogP) is 1.09. The Morgan fingerprint density at radius 3 is 2.05 bits per heavy atom. The third kappa shape index (κ3) is 10.6. The maximum absolute atomic E-state index is 14.4. The van der Waals surface area contributed by atoms with E-state index >= 15 is 0 Å². The summed E-state index contributed by atoms with van der Waals surface area (Å²) in [6.07, 6.45) is 4.01. The van der Waals surface area contributed by atoms with Gasteiger partial charge in [0.1, 0.15) is 36.0 Å². The summed E-state index contributed by atoms with van der Waals surface area (Å²) in [5.41, 5.74) is 8.76. The molecule has 0 saturated carbocycles. The summed E-state index contributed by atoms with van der Waals surface area (Å²) < 4.78 is 0. The van der Waals surface area contributed by atoms with Gasteiger partial charge in [0.25, 0.3) is 0 Å². The fourth-order valence-corrected chi connectivity index (χ4v) is 7.47. The molecule has 1 aromatic heterocycles. The number of nitrogens with zero attached hydrogens (tertiary/aromatic N) is 1. The van der Waals surface area contributed by atoms with Gasteiger partial charge in [0.05, 0.1) is 6.54 Å². The number of fused-ring (bicyclic) bond motifs is 2. The topological polar surface area (TPSA) is 228 Å². The first kappa shape index (κ1) is 40.4. The second-order valence-electron chi connectivity index (χ2n) is 14.6. The van der Waals surface area contributed by atoms with Crippen LogP contribution >= 0.6 is 0 Å². The van der Waals surface area contributed by atoms with Gasteiger partial charge in [0, 0.05) is 42.9 Å². The standard InChI is InChI=1S/C42H50N8O7/c43-19-7-6-13-32-38(53)49-35(22-27-15-17-29(51)18-16-27)42(57)50-20-8-14-36(50)41(56)45-25-37(52)46-33(21-26-9-2-1-3-10-26)39(54)48-34(40(55)47-32)23-28-24-44-31-12-5-4-11-30(28)31/h1-5,9-12,15-18,24,32-36,44,51H,6-8,13-14,19-23,25,43H2,(H,45,56)(H,46,52)(H,47,55)(H,48,54)(H,49,53)/t32-,33-,34-,35-,36-/m0/s1. The van der Waals surface area contributed by atoms with E-state index in [1.807, 2.05) is 54.6 Å². The molecule has 2 aliphatic heterocycles. The lowest BCUT2D eigenvalue weighted by Crippen LogP contribution is -2.60. The third-order valence-electron chi connectivity index (χ3n) is 10.5. The van der Waals surface area contributed by atoms with Gasteiger partial charge in [-0.3, -0.25) is 28.8 Å². The van der Waals surface area contributed by atoms with Crippen LogP contribution in [-0.2, 0) is 48.0 Å². The lowest BCUT2D eigenvalue weighted by Gasteiger charge is -2.31. The molecular weight excluding hydrogens is 729 g/mol. The SMILES string of the molecule is NCCCC[C@@H]1NC(=O)[C@H](Cc2c[nH]c3ccccc23)NC(=O)[C@H](Cc2ccccc2)NC(=O)CNC(=O)[C@@H]2CCCN2C(=O)[C@H](Cc2ccc(O)cc2)NC1=O. The number of nitrogens with one attached hydrogen (secondary N) is 6. The summed E-state index contributed by atoms with van der Waals surface area (Å²) in [4.78, 5) is 88.8. The molecule has 3 heterocycles. The van der Waals surface area contributed by atoms with Crippen molar-refractivity contribution < 1.29 is 33.9 Å². The number of amides is 6.